The average molecular weight is 332 g/mol. The Bertz CT molecular complexity index is 570. The molecule has 0 fully saturated rings. The normalized spacial score (nSPS) is 11.5. The van der Waals surface area contributed by atoms with Crippen molar-refractivity contribution in [3.63, 3.8) is 0 Å². The number of nitriles is 1. The average Bonchev–Trinajstić information content (AvgIpc) is 2.14. The summed E-state index contributed by atoms with van der Waals surface area (Å²) >= 11 is 2.74. The number of nitrogens with zero attached hydrogens (tertiary/aromatic N) is 2. The third-order valence-electron chi connectivity index (χ3n) is 1.61. The molecule has 0 N–H and O–H groups in total. The van der Waals surface area contributed by atoms with Gasteiger partial charge in [0, 0.05) is 16.9 Å². The standard InChI is InChI=1S/C7H2BrClF2N2O2S/c8-6-5(16(9,14)15)3(1-12)4(2-13-6)7(10)11/h2,7H. The Morgan fingerprint density at radius 2 is 2.12 bits per heavy atom. The summed E-state index contributed by atoms with van der Waals surface area (Å²) in [4.78, 5) is 2.66. The molecule has 0 radical (unpaired) electrons. The first kappa shape index (κ1) is 13.3. The van der Waals surface area contributed by atoms with E-state index < -0.39 is 31.5 Å². The van der Waals surface area contributed by atoms with E-state index >= 15 is 0 Å². The fourth-order valence-electron chi connectivity index (χ4n) is 0.987. The second-order valence-corrected chi connectivity index (χ2v) is 5.81. The first-order valence-corrected chi connectivity index (χ1v) is 6.70. The molecule has 1 rings (SSSR count). The van der Waals surface area contributed by atoms with Crippen LogP contribution >= 0.6 is 26.6 Å². The fraction of sp³-hybridized carbons (Fsp3) is 0.143. The zero-order valence-electron chi connectivity index (χ0n) is 7.29. The summed E-state index contributed by atoms with van der Waals surface area (Å²) in [7, 11) is 0.705. The second-order valence-electron chi connectivity index (χ2n) is 2.56. The summed E-state index contributed by atoms with van der Waals surface area (Å²) in [6, 6.07) is 1.38. The van der Waals surface area contributed by atoms with Gasteiger partial charge in [-0.05, 0) is 15.9 Å². The summed E-state index contributed by atoms with van der Waals surface area (Å²) < 4.78 is 46.9. The summed E-state index contributed by atoms with van der Waals surface area (Å²) in [5, 5.41) is 8.68. The van der Waals surface area contributed by atoms with E-state index in [0.29, 0.717) is 0 Å². The third kappa shape index (κ3) is 2.48. The highest BCUT2D eigenvalue weighted by atomic mass is 79.9. The van der Waals surface area contributed by atoms with Crippen molar-refractivity contribution < 1.29 is 17.2 Å². The molecule has 0 aliphatic heterocycles. The predicted octanol–water partition coefficient (Wildman–Crippen LogP) is 2.58. The van der Waals surface area contributed by atoms with Gasteiger partial charge in [0.2, 0.25) is 0 Å². The number of alkyl halides is 2. The topological polar surface area (TPSA) is 70.8 Å². The van der Waals surface area contributed by atoms with Gasteiger partial charge in [0.25, 0.3) is 15.5 Å². The van der Waals surface area contributed by atoms with E-state index in [4.69, 9.17) is 15.9 Å². The van der Waals surface area contributed by atoms with E-state index in [0.717, 1.165) is 6.20 Å². The molecule has 0 amide bonds. The van der Waals surface area contributed by atoms with Crippen LogP contribution in [0.1, 0.15) is 17.6 Å². The summed E-state index contributed by atoms with van der Waals surface area (Å²) in [5.74, 6) is 0. The van der Waals surface area contributed by atoms with Crippen molar-refractivity contribution in [2.45, 2.75) is 11.3 Å². The molecule has 86 valence electrons. The predicted molar refractivity (Wildman–Crippen MR) is 54.6 cm³/mol. The Hall–Kier alpha value is -0.780. The quantitative estimate of drug-likeness (QED) is 0.617. The molecule has 1 heterocycles. The molecular weight excluding hydrogens is 330 g/mol. The summed E-state index contributed by atoms with van der Waals surface area (Å²) in [6.45, 7) is 0. The van der Waals surface area contributed by atoms with Gasteiger partial charge in [-0.3, -0.25) is 0 Å². The van der Waals surface area contributed by atoms with Crippen LogP contribution in [0.4, 0.5) is 8.78 Å². The first-order chi connectivity index (χ1) is 7.29. The first-order valence-electron chi connectivity index (χ1n) is 3.60. The van der Waals surface area contributed by atoms with Crippen molar-refractivity contribution in [3.05, 3.63) is 21.9 Å². The molecule has 9 heteroatoms. The Kier molecular flexibility index (Phi) is 3.83. The van der Waals surface area contributed by atoms with Crippen molar-refractivity contribution >= 4 is 35.7 Å². The van der Waals surface area contributed by atoms with E-state index in [-0.39, 0.29) is 4.60 Å². The fourth-order valence-corrected chi connectivity index (χ4v) is 3.32. The maximum Gasteiger partial charge on any atom is 0.266 e. The molecule has 4 nitrogen and oxygen atoms in total. The molecule has 1 aromatic heterocycles. The Morgan fingerprint density at radius 3 is 2.50 bits per heavy atom. The van der Waals surface area contributed by atoms with Crippen LogP contribution in [0.3, 0.4) is 0 Å². The molecular formula is C7H2BrClF2N2O2S. The second kappa shape index (κ2) is 4.61. The molecule has 0 atom stereocenters. The van der Waals surface area contributed by atoms with Crippen molar-refractivity contribution in [2.24, 2.45) is 0 Å². The molecule has 0 bridgehead atoms. The number of pyridine rings is 1. The SMILES string of the molecule is N#Cc1c(C(F)F)cnc(Br)c1S(=O)(=O)Cl. The molecule has 1 aromatic rings. The molecule has 0 saturated heterocycles. The molecule has 0 saturated carbocycles. The molecule has 0 aliphatic rings. The number of hydrogen-bond acceptors (Lipinski definition) is 4. The maximum absolute atomic E-state index is 12.5. The minimum atomic E-state index is -4.33. The van der Waals surface area contributed by atoms with Crippen molar-refractivity contribution in [2.75, 3.05) is 0 Å². The van der Waals surface area contributed by atoms with Crippen molar-refractivity contribution in [1.82, 2.24) is 4.98 Å². The van der Waals surface area contributed by atoms with Crippen LogP contribution in [0.5, 0.6) is 0 Å². The van der Waals surface area contributed by atoms with Gasteiger partial charge in [-0.15, -0.1) is 0 Å². The molecule has 16 heavy (non-hydrogen) atoms. The van der Waals surface area contributed by atoms with E-state index in [1.54, 1.807) is 0 Å². The molecule has 0 unspecified atom stereocenters. The highest BCUT2D eigenvalue weighted by Crippen LogP contribution is 2.32. The zero-order chi connectivity index (χ0) is 12.5. The Morgan fingerprint density at radius 1 is 1.56 bits per heavy atom. The van der Waals surface area contributed by atoms with Crippen LogP contribution in [0.2, 0.25) is 0 Å². The molecule has 0 spiro atoms. The summed E-state index contributed by atoms with van der Waals surface area (Å²) in [5.41, 5.74) is -1.48. The number of aromatic nitrogens is 1. The van der Waals surface area contributed by atoms with Crippen LogP contribution < -0.4 is 0 Å². The number of rotatable bonds is 2. The monoisotopic (exact) mass is 330 g/mol. The summed E-state index contributed by atoms with van der Waals surface area (Å²) in [6.07, 6.45) is -2.29. The van der Waals surface area contributed by atoms with E-state index in [1.165, 1.54) is 6.07 Å². The highest BCUT2D eigenvalue weighted by Gasteiger charge is 2.26. The van der Waals surface area contributed by atoms with E-state index in [1.807, 2.05) is 0 Å². The lowest BCUT2D eigenvalue weighted by Crippen LogP contribution is -2.03. The van der Waals surface area contributed by atoms with Gasteiger partial charge in [-0.1, -0.05) is 0 Å². The lowest BCUT2D eigenvalue weighted by molar-refractivity contribution is 0.150. The van der Waals surface area contributed by atoms with Gasteiger partial charge in [0.1, 0.15) is 15.6 Å². The van der Waals surface area contributed by atoms with Gasteiger partial charge in [-0.2, -0.15) is 5.26 Å². The minimum Gasteiger partial charge on any atom is -0.247 e. The van der Waals surface area contributed by atoms with Gasteiger partial charge >= 0.3 is 0 Å². The van der Waals surface area contributed by atoms with Crippen LogP contribution in [0, 0.1) is 11.3 Å². The van der Waals surface area contributed by atoms with Gasteiger partial charge in [0.15, 0.2) is 0 Å². The van der Waals surface area contributed by atoms with E-state index in [9.17, 15) is 17.2 Å². The van der Waals surface area contributed by atoms with Crippen LogP contribution in [0.25, 0.3) is 0 Å². The van der Waals surface area contributed by atoms with Crippen LogP contribution in [-0.2, 0) is 9.05 Å². The molecule has 0 aliphatic carbocycles. The Labute approximate surface area is 102 Å². The van der Waals surface area contributed by atoms with Gasteiger partial charge in [0.05, 0.1) is 11.1 Å². The number of halogens is 4. The van der Waals surface area contributed by atoms with Crippen LogP contribution in [-0.4, -0.2) is 13.4 Å². The lowest BCUT2D eigenvalue weighted by atomic mass is 10.1. The third-order valence-corrected chi connectivity index (χ3v) is 3.82. The zero-order valence-corrected chi connectivity index (χ0v) is 10.4. The smallest absolute Gasteiger partial charge is 0.247 e. The van der Waals surface area contributed by atoms with Gasteiger partial charge in [-0.25, -0.2) is 22.2 Å². The van der Waals surface area contributed by atoms with Crippen molar-refractivity contribution in [1.29, 1.82) is 5.26 Å². The number of hydrogen-bond donors (Lipinski definition) is 0. The Balaban J connectivity index is 3.74. The molecule has 0 aromatic carbocycles. The van der Waals surface area contributed by atoms with Crippen LogP contribution in [0.15, 0.2) is 15.7 Å². The minimum absolute atomic E-state index is 0.275. The largest absolute Gasteiger partial charge is 0.266 e. The lowest BCUT2D eigenvalue weighted by Gasteiger charge is -2.07. The van der Waals surface area contributed by atoms with E-state index in [2.05, 4.69) is 20.9 Å². The maximum atomic E-state index is 12.5. The van der Waals surface area contributed by atoms with Gasteiger partial charge < -0.3 is 0 Å². The highest BCUT2D eigenvalue weighted by molar-refractivity contribution is 9.10. The van der Waals surface area contributed by atoms with Crippen molar-refractivity contribution in [3.8, 4) is 6.07 Å².